The Morgan fingerprint density at radius 2 is 2.27 bits per heavy atom. The number of carbonyl (C=O) groups excluding carboxylic acids is 2. The number of rotatable bonds is 7. The Morgan fingerprint density at radius 1 is 1.58 bits per heavy atom. The highest BCUT2D eigenvalue weighted by molar-refractivity contribution is 7.81. The van der Waals surface area contributed by atoms with Crippen LogP contribution >= 0.6 is 0 Å². The molecule has 1 aromatic rings. The van der Waals surface area contributed by atoms with E-state index in [4.69, 9.17) is 0 Å². The summed E-state index contributed by atoms with van der Waals surface area (Å²) in [6.07, 6.45) is 2.33. The number of carboxylic acid groups (broad SMARTS) is 1. The minimum absolute atomic E-state index is 0.0518. The smallest absolute Gasteiger partial charge is 0.328 e. The third-order valence-corrected chi connectivity index (χ3v) is 5.08. The van der Waals surface area contributed by atoms with Crippen LogP contribution in [0.4, 0.5) is 0 Å². The Kier molecular flexibility index (Phi) is 5.83. The second kappa shape index (κ2) is 7.70. The lowest BCUT2D eigenvalue weighted by Crippen LogP contribution is -2.67. The maximum atomic E-state index is 11.9. The van der Waals surface area contributed by atoms with Crippen molar-refractivity contribution in [2.75, 3.05) is 0 Å². The van der Waals surface area contributed by atoms with Crippen molar-refractivity contribution in [2.45, 2.75) is 37.1 Å². The van der Waals surface area contributed by atoms with E-state index in [0.717, 1.165) is 18.0 Å². The molecule has 11 heteroatoms. The SMILES string of the molecule is C[C@@H]1CC(=O)N1[C@@H](C(=O)O)[C@](C)(/C=N/NC(=O)c1ccccn1)S(=O)[O-]. The third-order valence-electron chi connectivity index (χ3n) is 4.03. The van der Waals surface area contributed by atoms with Crippen LogP contribution in [0.5, 0.6) is 0 Å². The number of hydrogen-bond acceptors (Lipinski definition) is 7. The van der Waals surface area contributed by atoms with Crippen molar-refractivity contribution in [2.24, 2.45) is 5.10 Å². The van der Waals surface area contributed by atoms with Crippen LogP contribution in [-0.4, -0.2) is 64.6 Å². The molecule has 0 saturated carbocycles. The van der Waals surface area contributed by atoms with E-state index in [1.807, 2.05) is 0 Å². The van der Waals surface area contributed by atoms with E-state index in [-0.39, 0.29) is 12.1 Å². The molecule has 0 aliphatic carbocycles. The molecule has 4 atom stereocenters. The summed E-state index contributed by atoms with van der Waals surface area (Å²) in [5.74, 6) is -2.65. The first kappa shape index (κ1) is 19.7. The topological polar surface area (TPSA) is 152 Å². The van der Waals surface area contributed by atoms with Gasteiger partial charge in [0.05, 0.1) is 4.75 Å². The quantitative estimate of drug-likeness (QED) is 0.280. The van der Waals surface area contributed by atoms with Crippen molar-refractivity contribution < 1.29 is 28.3 Å². The number of β-lactam (4-membered cyclic amide) rings is 1. The van der Waals surface area contributed by atoms with E-state index >= 15 is 0 Å². The molecule has 0 aromatic carbocycles. The van der Waals surface area contributed by atoms with E-state index in [2.05, 4.69) is 15.5 Å². The van der Waals surface area contributed by atoms with Crippen LogP contribution in [0.15, 0.2) is 29.5 Å². The molecule has 10 nitrogen and oxygen atoms in total. The fourth-order valence-corrected chi connectivity index (χ4v) is 3.14. The van der Waals surface area contributed by atoms with Crippen LogP contribution in [0.2, 0.25) is 0 Å². The summed E-state index contributed by atoms with van der Waals surface area (Å²) < 4.78 is 21.5. The van der Waals surface area contributed by atoms with E-state index in [0.29, 0.717) is 0 Å². The monoisotopic (exact) mass is 381 g/mol. The number of aromatic nitrogens is 1. The molecular formula is C15H17N4O6S-. The number of likely N-dealkylation sites (tertiary alicyclic amines) is 1. The molecule has 1 saturated heterocycles. The maximum Gasteiger partial charge on any atom is 0.328 e. The molecule has 0 spiro atoms. The summed E-state index contributed by atoms with van der Waals surface area (Å²) in [6.45, 7) is 2.73. The molecule has 0 bridgehead atoms. The molecule has 140 valence electrons. The zero-order valence-corrected chi connectivity index (χ0v) is 14.8. The number of hydrazone groups is 1. The van der Waals surface area contributed by atoms with Gasteiger partial charge in [0.2, 0.25) is 5.91 Å². The van der Waals surface area contributed by atoms with E-state index in [1.54, 1.807) is 19.1 Å². The predicted octanol–water partition coefficient (Wildman–Crippen LogP) is -0.491. The number of nitrogens with zero attached hydrogens (tertiary/aromatic N) is 3. The van der Waals surface area contributed by atoms with Crippen molar-refractivity contribution in [3.63, 3.8) is 0 Å². The first-order valence-electron chi connectivity index (χ1n) is 7.57. The van der Waals surface area contributed by atoms with E-state index in [1.165, 1.54) is 12.3 Å². The van der Waals surface area contributed by atoms with Gasteiger partial charge in [-0.2, -0.15) is 5.10 Å². The molecule has 1 aromatic heterocycles. The first-order chi connectivity index (χ1) is 12.2. The molecule has 1 unspecified atom stereocenters. The van der Waals surface area contributed by atoms with Crippen LogP contribution in [0, 0.1) is 0 Å². The molecule has 1 aliphatic rings. The summed E-state index contributed by atoms with van der Waals surface area (Å²) in [7, 11) is 0. The van der Waals surface area contributed by atoms with Crippen LogP contribution in [0.25, 0.3) is 0 Å². The van der Waals surface area contributed by atoms with Gasteiger partial charge < -0.3 is 14.6 Å². The Balaban J connectivity index is 2.24. The number of aliphatic carboxylic acids is 1. The average molecular weight is 381 g/mol. The molecule has 2 rings (SSSR count). The second-order valence-electron chi connectivity index (χ2n) is 5.93. The average Bonchev–Trinajstić information content (AvgIpc) is 2.59. The summed E-state index contributed by atoms with van der Waals surface area (Å²) >= 11 is -2.94. The molecule has 2 heterocycles. The van der Waals surface area contributed by atoms with Crippen molar-refractivity contribution in [1.82, 2.24) is 15.3 Å². The Labute approximate surface area is 151 Å². The van der Waals surface area contributed by atoms with Gasteiger partial charge in [-0.25, -0.2) is 10.2 Å². The Morgan fingerprint density at radius 3 is 2.73 bits per heavy atom. The molecule has 1 aliphatic heterocycles. The standard InChI is InChI=1S/C15H18N4O6S/c1-9-7-11(20)19(9)12(14(22)23)15(2,26(24)25)8-17-18-13(21)10-5-3-4-6-16-10/h3-6,8-9,12H,7H2,1-2H3,(H,18,21)(H,22,23)(H,24,25)/p-1/b17-8+/t9-,12+,15+/m1/s1. The number of amides is 2. The minimum atomic E-state index is -2.94. The minimum Gasteiger partial charge on any atom is -0.772 e. The third kappa shape index (κ3) is 3.78. The second-order valence-corrected chi connectivity index (χ2v) is 7.28. The van der Waals surface area contributed by atoms with Crippen LogP contribution in [-0.2, 0) is 20.7 Å². The van der Waals surface area contributed by atoms with Gasteiger partial charge in [0.15, 0.2) is 6.04 Å². The number of carboxylic acids is 1. The van der Waals surface area contributed by atoms with Crippen molar-refractivity contribution in [1.29, 1.82) is 0 Å². The van der Waals surface area contributed by atoms with E-state index < -0.39 is 45.7 Å². The largest absolute Gasteiger partial charge is 0.772 e. The summed E-state index contributed by atoms with van der Waals surface area (Å²) in [6, 6.07) is 2.53. The van der Waals surface area contributed by atoms with Gasteiger partial charge >= 0.3 is 5.97 Å². The Hall–Kier alpha value is -2.66. The van der Waals surface area contributed by atoms with Gasteiger partial charge in [-0.3, -0.25) is 18.8 Å². The number of carbonyl (C=O) groups is 3. The zero-order chi connectivity index (χ0) is 19.5. The van der Waals surface area contributed by atoms with Crippen LogP contribution in [0.1, 0.15) is 30.8 Å². The lowest BCUT2D eigenvalue weighted by molar-refractivity contribution is -0.161. The van der Waals surface area contributed by atoms with Gasteiger partial charge in [-0.1, -0.05) is 6.07 Å². The lowest BCUT2D eigenvalue weighted by Gasteiger charge is -2.48. The zero-order valence-electron chi connectivity index (χ0n) is 14.0. The fraction of sp³-hybridized carbons (Fsp3) is 0.400. The lowest BCUT2D eigenvalue weighted by atomic mass is 9.92. The van der Waals surface area contributed by atoms with Crippen LogP contribution < -0.4 is 5.43 Å². The van der Waals surface area contributed by atoms with Crippen LogP contribution in [0.3, 0.4) is 0 Å². The molecule has 0 radical (unpaired) electrons. The summed E-state index contributed by atoms with van der Waals surface area (Å²) in [5, 5.41) is 13.1. The number of pyridine rings is 1. The molecule has 2 amide bonds. The summed E-state index contributed by atoms with van der Waals surface area (Å²) in [5.41, 5.74) is 2.15. The van der Waals surface area contributed by atoms with E-state index in [9.17, 15) is 28.3 Å². The van der Waals surface area contributed by atoms with Gasteiger partial charge in [0, 0.05) is 24.9 Å². The molecule has 2 N–H and O–H groups in total. The van der Waals surface area contributed by atoms with Crippen molar-refractivity contribution in [3.05, 3.63) is 30.1 Å². The fourth-order valence-electron chi connectivity index (χ4n) is 2.61. The normalized spacial score (nSPS) is 21.6. The highest BCUT2D eigenvalue weighted by Crippen LogP contribution is 2.30. The Bertz CT molecular complexity index is 771. The number of hydrogen-bond donors (Lipinski definition) is 2. The van der Waals surface area contributed by atoms with Gasteiger partial charge in [-0.15, -0.1) is 0 Å². The van der Waals surface area contributed by atoms with Crippen molar-refractivity contribution >= 4 is 35.1 Å². The maximum absolute atomic E-state index is 11.9. The molecule has 26 heavy (non-hydrogen) atoms. The summed E-state index contributed by atoms with van der Waals surface area (Å²) in [4.78, 5) is 40.1. The first-order valence-corrected chi connectivity index (χ1v) is 8.65. The molecule has 1 fully saturated rings. The molecular weight excluding hydrogens is 364 g/mol. The number of nitrogens with one attached hydrogen (secondary N) is 1. The predicted molar refractivity (Wildman–Crippen MR) is 89.9 cm³/mol. The van der Waals surface area contributed by atoms with Gasteiger partial charge in [0.25, 0.3) is 5.91 Å². The van der Waals surface area contributed by atoms with Gasteiger partial charge in [-0.05, 0) is 37.1 Å². The van der Waals surface area contributed by atoms with Gasteiger partial charge in [0.1, 0.15) is 5.69 Å². The highest BCUT2D eigenvalue weighted by atomic mass is 32.2. The highest BCUT2D eigenvalue weighted by Gasteiger charge is 2.51. The van der Waals surface area contributed by atoms with Crippen molar-refractivity contribution in [3.8, 4) is 0 Å².